The van der Waals surface area contributed by atoms with Crippen LogP contribution in [-0.4, -0.2) is 6.08 Å². The molecular formula is C9H7BrFNO. The number of isocyanates is 1. The van der Waals surface area contributed by atoms with Gasteiger partial charge in [0, 0.05) is 10.0 Å². The molecule has 0 radical (unpaired) electrons. The van der Waals surface area contributed by atoms with Crippen molar-refractivity contribution < 1.29 is 9.18 Å². The zero-order chi connectivity index (χ0) is 9.84. The van der Waals surface area contributed by atoms with Gasteiger partial charge >= 0.3 is 0 Å². The highest BCUT2D eigenvalue weighted by molar-refractivity contribution is 9.10. The van der Waals surface area contributed by atoms with Crippen molar-refractivity contribution in [3.05, 3.63) is 34.1 Å². The molecule has 1 rings (SSSR count). The Hall–Kier alpha value is -0.990. The minimum absolute atomic E-state index is 0.374. The van der Waals surface area contributed by atoms with Gasteiger partial charge in [-0.15, -0.1) is 0 Å². The molecule has 0 saturated carbocycles. The fraction of sp³-hybridized carbons (Fsp3) is 0.222. The van der Waals surface area contributed by atoms with Gasteiger partial charge in [-0.25, -0.2) is 9.18 Å². The molecule has 0 bridgehead atoms. The SMILES string of the molecule is CC(N=C=O)c1c(F)cccc1Br. The number of nitrogens with zero attached hydrogens (tertiary/aromatic N) is 1. The molecule has 0 N–H and O–H groups in total. The van der Waals surface area contributed by atoms with E-state index < -0.39 is 6.04 Å². The number of aliphatic imine (C=N–C) groups is 1. The lowest BCUT2D eigenvalue weighted by molar-refractivity contribution is 0.555. The molecule has 0 heterocycles. The molecular weight excluding hydrogens is 237 g/mol. The van der Waals surface area contributed by atoms with Crippen molar-refractivity contribution in [1.82, 2.24) is 0 Å². The number of hydrogen-bond acceptors (Lipinski definition) is 2. The van der Waals surface area contributed by atoms with Gasteiger partial charge in [-0.05, 0) is 19.1 Å². The van der Waals surface area contributed by atoms with Crippen LogP contribution in [0.2, 0.25) is 0 Å². The first kappa shape index (κ1) is 10.1. The predicted octanol–water partition coefficient (Wildman–Crippen LogP) is 2.99. The van der Waals surface area contributed by atoms with Gasteiger partial charge in [-0.3, -0.25) is 0 Å². The normalized spacial score (nSPS) is 11.9. The minimum Gasteiger partial charge on any atom is -0.211 e. The Morgan fingerprint density at radius 3 is 2.85 bits per heavy atom. The Morgan fingerprint density at radius 1 is 1.62 bits per heavy atom. The first-order chi connectivity index (χ1) is 6.16. The second kappa shape index (κ2) is 4.30. The molecule has 0 fully saturated rings. The van der Waals surface area contributed by atoms with Gasteiger partial charge in [-0.2, -0.15) is 4.99 Å². The lowest BCUT2D eigenvalue weighted by Crippen LogP contribution is -1.95. The summed E-state index contributed by atoms with van der Waals surface area (Å²) in [7, 11) is 0. The molecule has 1 unspecified atom stereocenters. The molecule has 0 aliphatic rings. The summed E-state index contributed by atoms with van der Waals surface area (Å²) in [6.07, 6.45) is 1.41. The molecule has 0 aliphatic carbocycles. The molecule has 0 aliphatic heterocycles. The van der Waals surface area contributed by atoms with E-state index in [0.717, 1.165) is 0 Å². The number of halogens is 2. The van der Waals surface area contributed by atoms with Gasteiger partial charge in [0.05, 0.1) is 6.04 Å². The summed E-state index contributed by atoms with van der Waals surface area (Å²) in [6.45, 7) is 1.63. The largest absolute Gasteiger partial charge is 0.235 e. The monoisotopic (exact) mass is 243 g/mol. The molecule has 4 heteroatoms. The van der Waals surface area contributed by atoms with Crippen LogP contribution in [0.5, 0.6) is 0 Å². The van der Waals surface area contributed by atoms with Crippen LogP contribution in [0.4, 0.5) is 4.39 Å². The van der Waals surface area contributed by atoms with Crippen LogP contribution < -0.4 is 0 Å². The molecule has 2 nitrogen and oxygen atoms in total. The van der Waals surface area contributed by atoms with Crippen molar-refractivity contribution in [2.24, 2.45) is 4.99 Å². The Kier molecular flexibility index (Phi) is 3.34. The summed E-state index contributed by atoms with van der Waals surface area (Å²) >= 11 is 3.19. The van der Waals surface area contributed by atoms with E-state index in [1.54, 1.807) is 19.1 Å². The van der Waals surface area contributed by atoms with Crippen molar-refractivity contribution >= 4 is 22.0 Å². The summed E-state index contributed by atoms with van der Waals surface area (Å²) in [4.78, 5) is 13.4. The third-order valence-corrected chi connectivity index (χ3v) is 2.36. The Balaban J connectivity index is 3.19. The van der Waals surface area contributed by atoms with Crippen LogP contribution in [0.25, 0.3) is 0 Å². The van der Waals surface area contributed by atoms with Crippen molar-refractivity contribution in [3.8, 4) is 0 Å². The summed E-state index contributed by atoms with van der Waals surface area (Å²) < 4.78 is 13.8. The topological polar surface area (TPSA) is 29.4 Å². The highest BCUT2D eigenvalue weighted by Gasteiger charge is 2.12. The maximum absolute atomic E-state index is 13.2. The maximum atomic E-state index is 13.2. The minimum atomic E-state index is -0.506. The molecule has 13 heavy (non-hydrogen) atoms. The smallest absolute Gasteiger partial charge is 0.211 e. The van der Waals surface area contributed by atoms with Crippen molar-refractivity contribution in [3.63, 3.8) is 0 Å². The van der Waals surface area contributed by atoms with Crippen LogP contribution in [-0.2, 0) is 4.79 Å². The number of carbonyl (C=O) groups excluding carboxylic acids is 1. The third-order valence-electron chi connectivity index (χ3n) is 1.66. The highest BCUT2D eigenvalue weighted by atomic mass is 79.9. The molecule has 68 valence electrons. The Morgan fingerprint density at radius 2 is 2.31 bits per heavy atom. The van der Waals surface area contributed by atoms with Crippen LogP contribution >= 0.6 is 15.9 Å². The van der Waals surface area contributed by atoms with E-state index >= 15 is 0 Å². The standard InChI is InChI=1S/C9H7BrFNO/c1-6(12-5-13)9-7(10)3-2-4-8(9)11/h2-4,6H,1H3. The second-order valence-electron chi connectivity index (χ2n) is 2.53. The number of rotatable bonds is 2. The van der Waals surface area contributed by atoms with Gasteiger partial charge in [-0.1, -0.05) is 22.0 Å². The average Bonchev–Trinajstić information content (AvgIpc) is 2.04. The lowest BCUT2D eigenvalue weighted by atomic mass is 10.1. The van der Waals surface area contributed by atoms with E-state index in [-0.39, 0.29) is 5.82 Å². The first-order valence-electron chi connectivity index (χ1n) is 3.67. The van der Waals surface area contributed by atoms with E-state index in [9.17, 15) is 9.18 Å². The Bertz CT molecular complexity index is 340. The zero-order valence-electron chi connectivity index (χ0n) is 6.92. The van der Waals surface area contributed by atoms with Crippen molar-refractivity contribution in [1.29, 1.82) is 0 Å². The quantitative estimate of drug-likeness (QED) is 0.580. The van der Waals surface area contributed by atoms with E-state index in [2.05, 4.69) is 20.9 Å². The molecule has 0 aromatic heterocycles. The van der Waals surface area contributed by atoms with Gasteiger partial charge in [0.15, 0.2) is 0 Å². The van der Waals surface area contributed by atoms with E-state index in [1.165, 1.54) is 12.1 Å². The molecule has 1 aromatic carbocycles. The van der Waals surface area contributed by atoms with Crippen LogP contribution in [0.3, 0.4) is 0 Å². The molecule has 0 spiro atoms. The summed E-state index contributed by atoms with van der Waals surface area (Å²) in [5, 5.41) is 0. The lowest BCUT2D eigenvalue weighted by Gasteiger charge is -2.07. The van der Waals surface area contributed by atoms with Crippen LogP contribution in [0.15, 0.2) is 27.7 Å². The summed E-state index contributed by atoms with van der Waals surface area (Å²) in [5.41, 5.74) is 0.380. The maximum Gasteiger partial charge on any atom is 0.235 e. The summed E-state index contributed by atoms with van der Waals surface area (Å²) in [6, 6.07) is 4.11. The van der Waals surface area contributed by atoms with Crippen LogP contribution in [0.1, 0.15) is 18.5 Å². The molecule has 1 atom stereocenters. The van der Waals surface area contributed by atoms with Gasteiger partial charge in [0.25, 0.3) is 0 Å². The Labute approximate surface area is 83.6 Å². The zero-order valence-corrected chi connectivity index (χ0v) is 8.51. The number of hydrogen-bond donors (Lipinski definition) is 0. The van der Waals surface area contributed by atoms with Crippen molar-refractivity contribution in [2.45, 2.75) is 13.0 Å². The fourth-order valence-electron chi connectivity index (χ4n) is 1.05. The average molecular weight is 244 g/mol. The van der Waals surface area contributed by atoms with Gasteiger partial charge in [0.1, 0.15) is 5.82 Å². The first-order valence-corrected chi connectivity index (χ1v) is 4.47. The van der Waals surface area contributed by atoms with E-state index in [0.29, 0.717) is 10.0 Å². The third kappa shape index (κ3) is 2.23. The summed E-state index contributed by atoms with van der Waals surface area (Å²) in [5.74, 6) is -0.374. The van der Waals surface area contributed by atoms with Gasteiger partial charge < -0.3 is 0 Å². The number of benzene rings is 1. The predicted molar refractivity (Wildman–Crippen MR) is 50.6 cm³/mol. The van der Waals surface area contributed by atoms with Crippen molar-refractivity contribution in [2.75, 3.05) is 0 Å². The van der Waals surface area contributed by atoms with Gasteiger partial charge in [0.2, 0.25) is 6.08 Å². The van der Waals surface area contributed by atoms with Crippen LogP contribution in [0, 0.1) is 5.82 Å². The van der Waals surface area contributed by atoms with E-state index in [4.69, 9.17) is 0 Å². The molecule has 1 aromatic rings. The van der Waals surface area contributed by atoms with E-state index in [1.807, 2.05) is 0 Å². The molecule has 0 amide bonds. The molecule has 0 saturated heterocycles. The fourth-order valence-corrected chi connectivity index (χ4v) is 1.73. The second-order valence-corrected chi connectivity index (χ2v) is 3.39. The highest BCUT2D eigenvalue weighted by Crippen LogP contribution is 2.27.